The summed E-state index contributed by atoms with van der Waals surface area (Å²) in [4.78, 5) is 35.9. The van der Waals surface area contributed by atoms with E-state index in [1.807, 2.05) is 0 Å². The molecule has 1 amide bonds. The number of rotatable bonds is 7. The Bertz CT molecular complexity index is 976. The van der Waals surface area contributed by atoms with Crippen molar-refractivity contribution in [3.8, 4) is 0 Å². The molecular weight excluding hydrogens is 382 g/mol. The van der Waals surface area contributed by atoms with Gasteiger partial charge in [-0.3, -0.25) is 9.59 Å². The number of hydrogen-bond donors (Lipinski definition) is 1. The van der Waals surface area contributed by atoms with Crippen molar-refractivity contribution in [3.63, 3.8) is 0 Å². The molecule has 0 atom stereocenters. The van der Waals surface area contributed by atoms with Crippen LogP contribution in [0.5, 0.6) is 0 Å². The first-order valence-corrected chi connectivity index (χ1v) is 10.4. The molecule has 0 unspecified atom stereocenters. The zero-order valence-corrected chi connectivity index (χ0v) is 16.6. The lowest BCUT2D eigenvalue weighted by Gasteiger charge is -2.08. The van der Waals surface area contributed by atoms with Crippen molar-refractivity contribution < 1.29 is 27.5 Å². The second kappa shape index (κ2) is 8.79. The summed E-state index contributed by atoms with van der Waals surface area (Å²) >= 11 is 0. The predicted octanol–water partition coefficient (Wildman–Crippen LogP) is 2.72. The maximum atomic E-state index is 12.2. The largest absolute Gasteiger partial charge is 0.454 e. The summed E-state index contributed by atoms with van der Waals surface area (Å²) in [5.74, 6) is -1.42. The highest BCUT2D eigenvalue weighted by molar-refractivity contribution is 7.90. The third-order valence-corrected chi connectivity index (χ3v) is 4.98. The summed E-state index contributed by atoms with van der Waals surface area (Å²) in [6, 6.07) is 11.5. The van der Waals surface area contributed by atoms with Gasteiger partial charge in [0.1, 0.15) is 0 Å². The standard InChI is InChI=1S/C20H21NO6S/c1-13(2)19(23)21-16-8-4-14(5-9-16)18(22)12-27-20(24)15-6-10-17(11-7-15)28(3,25)26/h4-11,13H,12H2,1-3H3,(H,21,23). The van der Waals surface area contributed by atoms with Gasteiger partial charge in [0.25, 0.3) is 0 Å². The molecule has 0 spiro atoms. The van der Waals surface area contributed by atoms with Gasteiger partial charge in [0.2, 0.25) is 5.91 Å². The highest BCUT2D eigenvalue weighted by Gasteiger charge is 2.14. The van der Waals surface area contributed by atoms with E-state index in [4.69, 9.17) is 4.74 Å². The Morgan fingerprint density at radius 2 is 1.46 bits per heavy atom. The molecule has 0 aliphatic carbocycles. The van der Waals surface area contributed by atoms with Gasteiger partial charge in [-0.15, -0.1) is 0 Å². The lowest BCUT2D eigenvalue weighted by Crippen LogP contribution is -2.18. The highest BCUT2D eigenvalue weighted by Crippen LogP contribution is 2.13. The first kappa shape index (κ1) is 21.3. The monoisotopic (exact) mass is 403 g/mol. The van der Waals surface area contributed by atoms with E-state index in [9.17, 15) is 22.8 Å². The third-order valence-electron chi connectivity index (χ3n) is 3.85. The lowest BCUT2D eigenvalue weighted by molar-refractivity contribution is -0.118. The van der Waals surface area contributed by atoms with E-state index >= 15 is 0 Å². The average Bonchev–Trinajstić information content (AvgIpc) is 2.65. The van der Waals surface area contributed by atoms with Gasteiger partial charge in [-0.25, -0.2) is 13.2 Å². The van der Waals surface area contributed by atoms with E-state index in [0.717, 1.165) is 6.26 Å². The average molecular weight is 403 g/mol. The van der Waals surface area contributed by atoms with Crippen LogP contribution in [0.25, 0.3) is 0 Å². The van der Waals surface area contributed by atoms with Gasteiger partial charge in [-0.1, -0.05) is 13.8 Å². The summed E-state index contributed by atoms with van der Waals surface area (Å²) < 4.78 is 27.8. The zero-order valence-electron chi connectivity index (χ0n) is 15.8. The van der Waals surface area contributed by atoms with Crippen molar-refractivity contribution in [2.75, 3.05) is 18.2 Å². The molecule has 0 radical (unpaired) electrons. The van der Waals surface area contributed by atoms with Crippen LogP contribution in [0, 0.1) is 5.92 Å². The van der Waals surface area contributed by atoms with E-state index in [1.54, 1.807) is 26.0 Å². The molecule has 0 heterocycles. The second-order valence-electron chi connectivity index (χ2n) is 6.52. The molecule has 1 N–H and O–H groups in total. The topological polar surface area (TPSA) is 107 Å². The van der Waals surface area contributed by atoms with Crippen LogP contribution in [-0.2, 0) is 19.4 Å². The van der Waals surface area contributed by atoms with Crippen LogP contribution >= 0.6 is 0 Å². The van der Waals surface area contributed by atoms with Crippen molar-refractivity contribution in [1.82, 2.24) is 0 Å². The Hall–Kier alpha value is -3.00. The number of ether oxygens (including phenoxy) is 1. The summed E-state index contributed by atoms with van der Waals surface area (Å²) in [5.41, 5.74) is 1.05. The number of Topliss-reactive ketones (excluding diaryl/α,β-unsaturated/α-hetero) is 1. The van der Waals surface area contributed by atoms with Crippen molar-refractivity contribution in [2.24, 2.45) is 5.92 Å². The van der Waals surface area contributed by atoms with Gasteiger partial charge >= 0.3 is 5.97 Å². The minimum Gasteiger partial charge on any atom is -0.454 e. The molecule has 0 aliphatic heterocycles. The molecule has 2 aromatic rings. The van der Waals surface area contributed by atoms with E-state index in [-0.39, 0.29) is 22.3 Å². The van der Waals surface area contributed by atoms with Crippen LogP contribution in [0.15, 0.2) is 53.4 Å². The van der Waals surface area contributed by atoms with E-state index in [0.29, 0.717) is 11.3 Å². The van der Waals surface area contributed by atoms with Gasteiger partial charge < -0.3 is 10.1 Å². The fraction of sp³-hybridized carbons (Fsp3) is 0.250. The summed E-state index contributed by atoms with van der Waals surface area (Å²) in [5, 5.41) is 2.72. The smallest absolute Gasteiger partial charge is 0.338 e. The number of hydrogen-bond acceptors (Lipinski definition) is 6. The quantitative estimate of drug-likeness (QED) is 0.563. The van der Waals surface area contributed by atoms with Crippen LogP contribution in [0.3, 0.4) is 0 Å². The minimum atomic E-state index is -3.36. The number of carbonyl (C=O) groups excluding carboxylic acids is 3. The molecule has 0 saturated carbocycles. The first-order valence-electron chi connectivity index (χ1n) is 8.49. The minimum absolute atomic E-state index is 0.0878. The number of sulfone groups is 1. The van der Waals surface area contributed by atoms with E-state index < -0.39 is 28.2 Å². The van der Waals surface area contributed by atoms with Gasteiger partial charge in [0.15, 0.2) is 22.2 Å². The normalized spacial score (nSPS) is 11.1. The van der Waals surface area contributed by atoms with E-state index in [1.165, 1.54) is 36.4 Å². The summed E-state index contributed by atoms with van der Waals surface area (Å²) in [6.45, 7) is 3.09. The maximum Gasteiger partial charge on any atom is 0.338 e. The first-order chi connectivity index (χ1) is 13.1. The predicted molar refractivity (Wildman–Crippen MR) is 104 cm³/mol. The van der Waals surface area contributed by atoms with Crippen LogP contribution < -0.4 is 5.32 Å². The number of esters is 1. The Morgan fingerprint density at radius 3 is 1.96 bits per heavy atom. The van der Waals surface area contributed by atoms with Gasteiger partial charge in [0.05, 0.1) is 10.5 Å². The molecule has 2 aromatic carbocycles. The molecule has 0 bridgehead atoms. The fourth-order valence-electron chi connectivity index (χ4n) is 2.16. The van der Waals surface area contributed by atoms with Crippen LogP contribution in [0.2, 0.25) is 0 Å². The summed E-state index contributed by atoms with van der Waals surface area (Å²) in [6.07, 6.45) is 1.07. The Kier molecular flexibility index (Phi) is 6.69. The van der Waals surface area contributed by atoms with Gasteiger partial charge in [-0.05, 0) is 48.5 Å². The molecule has 7 nitrogen and oxygen atoms in total. The molecule has 2 rings (SSSR count). The Balaban J connectivity index is 1.94. The zero-order chi connectivity index (χ0) is 20.9. The van der Waals surface area contributed by atoms with E-state index in [2.05, 4.69) is 5.32 Å². The van der Waals surface area contributed by atoms with Crippen molar-refractivity contribution >= 4 is 33.2 Å². The number of ketones is 1. The van der Waals surface area contributed by atoms with Crippen molar-refractivity contribution in [3.05, 3.63) is 59.7 Å². The fourth-order valence-corrected chi connectivity index (χ4v) is 2.79. The van der Waals surface area contributed by atoms with Crippen LogP contribution in [0.1, 0.15) is 34.6 Å². The second-order valence-corrected chi connectivity index (χ2v) is 8.53. The summed E-state index contributed by atoms with van der Waals surface area (Å²) in [7, 11) is -3.36. The molecule has 28 heavy (non-hydrogen) atoms. The maximum absolute atomic E-state index is 12.2. The van der Waals surface area contributed by atoms with Crippen LogP contribution in [0.4, 0.5) is 5.69 Å². The van der Waals surface area contributed by atoms with Gasteiger partial charge in [0, 0.05) is 23.4 Å². The number of anilines is 1. The molecule has 0 saturated heterocycles. The Morgan fingerprint density at radius 1 is 0.929 bits per heavy atom. The SMILES string of the molecule is CC(C)C(=O)Nc1ccc(C(=O)COC(=O)c2ccc(S(C)(=O)=O)cc2)cc1. The number of nitrogens with one attached hydrogen (secondary N) is 1. The third kappa shape index (κ3) is 5.75. The van der Waals surface area contributed by atoms with Gasteiger partial charge in [-0.2, -0.15) is 0 Å². The Labute approximate surface area is 163 Å². The van der Waals surface area contributed by atoms with Crippen molar-refractivity contribution in [1.29, 1.82) is 0 Å². The molecule has 0 aliphatic rings. The molecule has 8 heteroatoms. The molecule has 148 valence electrons. The number of carbonyl (C=O) groups is 3. The molecule has 0 aromatic heterocycles. The number of benzene rings is 2. The van der Waals surface area contributed by atoms with Crippen molar-refractivity contribution in [2.45, 2.75) is 18.7 Å². The molecule has 0 fully saturated rings. The number of amides is 1. The lowest BCUT2D eigenvalue weighted by atomic mass is 10.1. The highest BCUT2D eigenvalue weighted by atomic mass is 32.2. The molecular formula is C20H21NO6S. The van der Waals surface area contributed by atoms with Crippen LogP contribution in [-0.4, -0.2) is 38.9 Å².